The zero-order valence-corrected chi connectivity index (χ0v) is 10.5. The lowest BCUT2D eigenvalue weighted by Gasteiger charge is -2.28. The summed E-state index contributed by atoms with van der Waals surface area (Å²) in [5, 5.41) is 9.69. The Morgan fingerprint density at radius 1 is 1.44 bits per heavy atom. The van der Waals surface area contributed by atoms with Gasteiger partial charge >= 0.3 is 0 Å². The van der Waals surface area contributed by atoms with E-state index in [1.54, 1.807) is 0 Å². The van der Waals surface area contributed by atoms with Crippen LogP contribution in [-0.4, -0.2) is 62.7 Å². The third-order valence-corrected chi connectivity index (χ3v) is 2.95. The molecule has 1 heterocycles. The Morgan fingerprint density at radius 3 is 2.75 bits per heavy atom. The zero-order valence-electron chi connectivity index (χ0n) is 10.5. The van der Waals surface area contributed by atoms with Crippen LogP contribution >= 0.6 is 0 Å². The van der Waals surface area contributed by atoms with Crippen molar-refractivity contribution in [1.82, 2.24) is 4.90 Å². The topological polar surface area (TPSA) is 41.9 Å². The summed E-state index contributed by atoms with van der Waals surface area (Å²) in [6, 6.07) is 0. The van der Waals surface area contributed by atoms with Crippen LogP contribution in [0.25, 0.3) is 0 Å². The molecule has 16 heavy (non-hydrogen) atoms. The number of hydrogen-bond acceptors (Lipinski definition) is 4. The molecular formula is C12H25NO3. The molecule has 0 radical (unpaired) electrons. The predicted octanol–water partition coefficient (Wildman–Crippen LogP) is 0.742. The Labute approximate surface area is 98.5 Å². The molecule has 1 unspecified atom stereocenters. The first-order chi connectivity index (χ1) is 7.72. The molecule has 1 rings (SSSR count). The van der Waals surface area contributed by atoms with Gasteiger partial charge in [-0.25, -0.2) is 0 Å². The lowest BCUT2D eigenvalue weighted by atomic mass is 10.00. The smallest absolute Gasteiger partial charge is 0.0900 e. The van der Waals surface area contributed by atoms with Gasteiger partial charge < -0.3 is 19.5 Å². The molecule has 1 fully saturated rings. The average molecular weight is 231 g/mol. The fraction of sp³-hybridized carbons (Fsp3) is 1.00. The van der Waals surface area contributed by atoms with Crippen LogP contribution in [0.4, 0.5) is 0 Å². The van der Waals surface area contributed by atoms with Gasteiger partial charge in [0, 0.05) is 32.9 Å². The van der Waals surface area contributed by atoms with Gasteiger partial charge in [0.1, 0.15) is 0 Å². The molecule has 1 N–H and O–H groups in total. The van der Waals surface area contributed by atoms with Gasteiger partial charge in [-0.15, -0.1) is 0 Å². The molecule has 0 aromatic carbocycles. The normalized spacial score (nSPS) is 20.2. The third-order valence-electron chi connectivity index (χ3n) is 2.95. The molecule has 1 aliphatic heterocycles. The van der Waals surface area contributed by atoms with Crippen LogP contribution in [0.2, 0.25) is 0 Å². The van der Waals surface area contributed by atoms with Crippen molar-refractivity contribution in [2.24, 2.45) is 5.92 Å². The second kappa shape index (κ2) is 8.01. The van der Waals surface area contributed by atoms with E-state index in [0.717, 1.165) is 38.5 Å². The maximum Gasteiger partial charge on any atom is 0.0900 e. The lowest BCUT2D eigenvalue weighted by Crippen LogP contribution is -2.36. The molecule has 0 spiro atoms. The van der Waals surface area contributed by atoms with Crippen LogP contribution in [0.15, 0.2) is 0 Å². The molecule has 0 aromatic heterocycles. The summed E-state index contributed by atoms with van der Waals surface area (Å²) in [4.78, 5) is 2.19. The SMILES string of the molecule is CCOCC(O)CN(C)CC1CCOCC1. The maximum atomic E-state index is 9.69. The summed E-state index contributed by atoms with van der Waals surface area (Å²) in [6.45, 7) is 6.57. The van der Waals surface area contributed by atoms with Gasteiger partial charge in [0.2, 0.25) is 0 Å². The number of aliphatic hydroxyl groups is 1. The summed E-state index contributed by atoms with van der Waals surface area (Å²) < 4.78 is 10.5. The number of nitrogens with zero attached hydrogens (tertiary/aromatic N) is 1. The van der Waals surface area contributed by atoms with Crippen LogP contribution < -0.4 is 0 Å². The van der Waals surface area contributed by atoms with Crippen molar-refractivity contribution in [1.29, 1.82) is 0 Å². The number of hydrogen-bond donors (Lipinski definition) is 1. The zero-order chi connectivity index (χ0) is 11.8. The van der Waals surface area contributed by atoms with Gasteiger partial charge in [-0.2, -0.15) is 0 Å². The second-order valence-electron chi connectivity index (χ2n) is 4.59. The lowest BCUT2D eigenvalue weighted by molar-refractivity contribution is 0.0152. The van der Waals surface area contributed by atoms with E-state index in [4.69, 9.17) is 9.47 Å². The van der Waals surface area contributed by atoms with E-state index in [1.165, 1.54) is 0 Å². The van der Waals surface area contributed by atoms with Gasteiger partial charge in [-0.05, 0) is 32.7 Å². The van der Waals surface area contributed by atoms with Gasteiger partial charge in [0.15, 0.2) is 0 Å². The van der Waals surface area contributed by atoms with Crippen LogP contribution in [-0.2, 0) is 9.47 Å². The van der Waals surface area contributed by atoms with E-state index in [-0.39, 0.29) is 6.10 Å². The monoisotopic (exact) mass is 231 g/mol. The second-order valence-corrected chi connectivity index (χ2v) is 4.59. The summed E-state index contributed by atoms with van der Waals surface area (Å²) in [7, 11) is 2.06. The molecule has 1 saturated heterocycles. The van der Waals surface area contributed by atoms with E-state index in [2.05, 4.69) is 11.9 Å². The third kappa shape index (κ3) is 5.80. The number of ether oxygens (including phenoxy) is 2. The highest BCUT2D eigenvalue weighted by molar-refractivity contribution is 4.69. The Morgan fingerprint density at radius 2 is 2.12 bits per heavy atom. The molecule has 0 bridgehead atoms. The number of aliphatic hydroxyl groups excluding tert-OH is 1. The first-order valence-corrected chi connectivity index (χ1v) is 6.24. The minimum atomic E-state index is -0.371. The summed E-state index contributed by atoms with van der Waals surface area (Å²) >= 11 is 0. The van der Waals surface area contributed by atoms with Gasteiger partial charge in [0.05, 0.1) is 12.7 Å². The van der Waals surface area contributed by atoms with Crippen molar-refractivity contribution >= 4 is 0 Å². The average Bonchev–Trinajstić information content (AvgIpc) is 2.27. The minimum absolute atomic E-state index is 0.371. The first kappa shape index (κ1) is 13.9. The quantitative estimate of drug-likeness (QED) is 0.702. The maximum absolute atomic E-state index is 9.69. The molecule has 0 aliphatic carbocycles. The molecule has 96 valence electrons. The van der Waals surface area contributed by atoms with E-state index < -0.39 is 0 Å². The fourth-order valence-electron chi connectivity index (χ4n) is 2.11. The van der Waals surface area contributed by atoms with E-state index in [1.807, 2.05) is 6.92 Å². The number of rotatable bonds is 7. The van der Waals surface area contributed by atoms with Crippen LogP contribution in [0.1, 0.15) is 19.8 Å². The molecule has 4 heteroatoms. The van der Waals surface area contributed by atoms with Crippen molar-refractivity contribution in [2.45, 2.75) is 25.9 Å². The van der Waals surface area contributed by atoms with Crippen molar-refractivity contribution < 1.29 is 14.6 Å². The van der Waals surface area contributed by atoms with E-state index in [0.29, 0.717) is 19.8 Å². The highest BCUT2D eigenvalue weighted by atomic mass is 16.5. The molecule has 4 nitrogen and oxygen atoms in total. The molecule has 1 aliphatic rings. The van der Waals surface area contributed by atoms with Crippen molar-refractivity contribution in [3.63, 3.8) is 0 Å². The Kier molecular flexibility index (Phi) is 6.96. The van der Waals surface area contributed by atoms with Crippen molar-refractivity contribution in [2.75, 3.05) is 46.6 Å². The van der Waals surface area contributed by atoms with Crippen molar-refractivity contribution in [3.05, 3.63) is 0 Å². The Balaban J connectivity index is 2.11. The standard InChI is InChI=1S/C12H25NO3/c1-3-15-10-12(14)9-13(2)8-11-4-6-16-7-5-11/h11-12,14H,3-10H2,1-2H3. The molecule has 0 saturated carbocycles. The van der Waals surface area contributed by atoms with E-state index in [9.17, 15) is 5.11 Å². The number of likely N-dealkylation sites (N-methyl/N-ethyl adjacent to an activating group) is 1. The summed E-state index contributed by atoms with van der Waals surface area (Å²) in [5.74, 6) is 0.720. The summed E-state index contributed by atoms with van der Waals surface area (Å²) in [6.07, 6.45) is 1.92. The van der Waals surface area contributed by atoms with Gasteiger partial charge in [-0.1, -0.05) is 0 Å². The fourth-order valence-corrected chi connectivity index (χ4v) is 2.11. The predicted molar refractivity (Wildman–Crippen MR) is 63.5 cm³/mol. The van der Waals surface area contributed by atoms with Crippen LogP contribution in [0.5, 0.6) is 0 Å². The molecule has 0 amide bonds. The highest BCUT2D eigenvalue weighted by Gasteiger charge is 2.17. The first-order valence-electron chi connectivity index (χ1n) is 6.24. The Bertz CT molecular complexity index is 172. The largest absolute Gasteiger partial charge is 0.389 e. The molecule has 1 atom stereocenters. The van der Waals surface area contributed by atoms with Gasteiger partial charge in [-0.3, -0.25) is 0 Å². The van der Waals surface area contributed by atoms with Crippen molar-refractivity contribution in [3.8, 4) is 0 Å². The highest BCUT2D eigenvalue weighted by Crippen LogP contribution is 2.15. The van der Waals surface area contributed by atoms with Crippen LogP contribution in [0, 0.1) is 5.92 Å². The molecular weight excluding hydrogens is 206 g/mol. The van der Waals surface area contributed by atoms with E-state index >= 15 is 0 Å². The minimum Gasteiger partial charge on any atom is -0.389 e. The Hall–Kier alpha value is -0.160. The van der Waals surface area contributed by atoms with Gasteiger partial charge in [0.25, 0.3) is 0 Å². The summed E-state index contributed by atoms with van der Waals surface area (Å²) in [5.41, 5.74) is 0. The molecule has 0 aromatic rings. The van der Waals surface area contributed by atoms with Crippen LogP contribution in [0.3, 0.4) is 0 Å².